The van der Waals surface area contributed by atoms with Crippen LogP contribution in [0.3, 0.4) is 0 Å². The lowest BCUT2D eigenvalue weighted by molar-refractivity contribution is 0.610. The van der Waals surface area contributed by atoms with Crippen LogP contribution in [-0.4, -0.2) is 25.1 Å². The van der Waals surface area contributed by atoms with Gasteiger partial charge in [-0.15, -0.1) is 0 Å². The second-order valence-corrected chi connectivity index (χ2v) is 6.70. The van der Waals surface area contributed by atoms with E-state index in [0.717, 1.165) is 24.9 Å². The molecule has 0 spiro atoms. The summed E-state index contributed by atoms with van der Waals surface area (Å²) in [6.07, 6.45) is 7.13. The van der Waals surface area contributed by atoms with Gasteiger partial charge in [0.1, 0.15) is 0 Å². The molecule has 1 heterocycles. The molecule has 1 aliphatic carbocycles. The Bertz CT molecular complexity index is 640. The maximum absolute atomic E-state index is 4.25. The number of pyridine rings is 1. The summed E-state index contributed by atoms with van der Waals surface area (Å²) in [5.41, 5.74) is 5.23. The minimum absolute atomic E-state index is 0.474. The first-order valence-corrected chi connectivity index (χ1v) is 8.08. The molecule has 1 aromatic carbocycles. The summed E-state index contributed by atoms with van der Waals surface area (Å²) in [6.45, 7) is 0. The van der Waals surface area contributed by atoms with Crippen molar-refractivity contribution >= 4 is 27.3 Å². The summed E-state index contributed by atoms with van der Waals surface area (Å²) >= 11 is 3.56. The van der Waals surface area contributed by atoms with Crippen LogP contribution in [0, 0.1) is 0 Å². The molecule has 4 heteroatoms. The summed E-state index contributed by atoms with van der Waals surface area (Å²) < 4.78 is 1.18. The van der Waals surface area contributed by atoms with Gasteiger partial charge < -0.3 is 10.2 Å². The zero-order chi connectivity index (χ0) is 14.8. The van der Waals surface area contributed by atoms with Gasteiger partial charge in [-0.05, 0) is 48.6 Å². The van der Waals surface area contributed by atoms with Crippen molar-refractivity contribution in [2.75, 3.05) is 24.3 Å². The van der Waals surface area contributed by atoms with Crippen LogP contribution >= 0.6 is 15.9 Å². The monoisotopic (exact) mass is 345 g/mol. The van der Waals surface area contributed by atoms with Crippen molar-refractivity contribution in [1.82, 2.24) is 4.98 Å². The maximum atomic E-state index is 4.25. The van der Waals surface area contributed by atoms with Gasteiger partial charge in [-0.2, -0.15) is 0 Å². The molecule has 3 nitrogen and oxygen atoms in total. The highest BCUT2D eigenvalue weighted by molar-refractivity contribution is 9.10. The first kappa shape index (κ1) is 14.4. The molecule has 2 aromatic rings. The van der Waals surface area contributed by atoms with Gasteiger partial charge in [-0.25, -0.2) is 0 Å². The average molecular weight is 346 g/mol. The molecule has 1 N–H and O–H groups in total. The molecule has 0 saturated carbocycles. The molecule has 21 heavy (non-hydrogen) atoms. The zero-order valence-corrected chi connectivity index (χ0v) is 14.0. The number of halogens is 1. The maximum Gasteiger partial charge on any atom is 0.0766 e. The van der Waals surface area contributed by atoms with Crippen molar-refractivity contribution in [2.45, 2.75) is 25.3 Å². The van der Waals surface area contributed by atoms with Crippen molar-refractivity contribution < 1.29 is 0 Å². The van der Waals surface area contributed by atoms with Crippen molar-refractivity contribution in [3.05, 3.63) is 52.3 Å². The third-order valence-corrected chi connectivity index (χ3v) is 4.53. The third kappa shape index (κ3) is 3.21. The van der Waals surface area contributed by atoms with Crippen molar-refractivity contribution in [3.63, 3.8) is 0 Å². The lowest BCUT2D eigenvalue weighted by atomic mass is 9.88. The van der Waals surface area contributed by atoms with E-state index in [9.17, 15) is 0 Å². The minimum Gasteiger partial charge on any atom is -0.379 e. The first-order valence-electron chi connectivity index (χ1n) is 7.28. The van der Waals surface area contributed by atoms with E-state index in [-0.39, 0.29) is 0 Å². The Morgan fingerprint density at radius 1 is 1.24 bits per heavy atom. The molecule has 1 unspecified atom stereocenters. The Balaban J connectivity index is 1.77. The van der Waals surface area contributed by atoms with E-state index in [2.05, 4.69) is 69.5 Å². The molecule has 0 fully saturated rings. The first-order chi connectivity index (χ1) is 10.1. The van der Waals surface area contributed by atoms with Crippen LogP contribution in [0.15, 0.2) is 41.1 Å². The van der Waals surface area contributed by atoms with Gasteiger partial charge in [-0.3, -0.25) is 4.98 Å². The van der Waals surface area contributed by atoms with Gasteiger partial charge in [0.2, 0.25) is 0 Å². The van der Waals surface area contributed by atoms with Crippen LogP contribution in [0.1, 0.15) is 17.5 Å². The number of rotatable bonds is 3. The van der Waals surface area contributed by atoms with Crippen LogP contribution < -0.4 is 10.2 Å². The van der Waals surface area contributed by atoms with Crippen LogP contribution in [0.2, 0.25) is 0 Å². The number of anilines is 2. The van der Waals surface area contributed by atoms with Crippen LogP contribution in [0.5, 0.6) is 0 Å². The summed E-state index contributed by atoms with van der Waals surface area (Å²) in [5.74, 6) is 0. The highest BCUT2D eigenvalue weighted by atomic mass is 79.9. The predicted octanol–water partition coefficient (Wildman–Crippen LogP) is 3.88. The summed E-state index contributed by atoms with van der Waals surface area (Å²) in [4.78, 5) is 6.38. The van der Waals surface area contributed by atoms with Gasteiger partial charge in [0.25, 0.3) is 0 Å². The van der Waals surface area contributed by atoms with Gasteiger partial charge >= 0.3 is 0 Å². The Hall–Kier alpha value is -1.55. The van der Waals surface area contributed by atoms with E-state index in [1.54, 1.807) is 0 Å². The van der Waals surface area contributed by atoms with E-state index in [0.29, 0.717) is 6.04 Å². The molecular formula is C17H20BrN3. The number of nitrogens with zero attached hydrogens (tertiary/aromatic N) is 2. The minimum atomic E-state index is 0.474. The molecule has 0 amide bonds. The number of fused-ring (bicyclic) bond motifs is 1. The quantitative estimate of drug-likeness (QED) is 0.914. The number of hydrogen-bond acceptors (Lipinski definition) is 3. The summed E-state index contributed by atoms with van der Waals surface area (Å²) in [7, 11) is 4.13. The van der Waals surface area contributed by atoms with Crippen LogP contribution in [-0.2, 0) is 12.8 Å². The zero-order valence-electron chi connectivity index (χ0n) is 12.4. The van der Waals surface area contributed by atoms with Crippen LogP contribution in [0.4, 0.5) is 11.4 Å². The molecule has 1 atom stereocenters. The number of hydrogen-bond donors (Lipinski definition) is 1. The Morgan fingerprint density at radius 3 is 2.90 bits per heavy atom. The molecule has 1 aliphatic rings. The van der Waals surface area contributed by atoms with E-state index < -0.39 is 0 Å². The third-order valence-electron chi connectivity index (χ3n) is 4.04. The number of benzene rings is 1. The largest absolute Gasteiger partial charge is 0.379 e. The second-order valence-electron chi connectivity index (χ2n) is 5.78. The van der Waals surface area contributed by atoms with E-state index >= 15 is 0 Å². The standard InChI is InChI=1S/C17H20BrN3/c1-21(2)17-7-8-19-11-16(17)20-15-6-4-12-9-14(18)5-3-13(12)10-15/h3,5,7-9,11,15,20H,4,6,10H2,1-2H3. The van der Waals surface area contributed by atoms with E-state index in [4.69, 9.17) is 0 Å². The number of nitrogens with one attached hydrogen (secondary N) is 1. The van der Waals surface area contributed by atoms with Crippen molar-refractivity contribution in [1.29, 1.82) is 0 Å². The fraction of sp³-hybridized carbons (Fsp3) is 0.353. The summed E-state index contributed by atoms with van der Waals surface area (Å²) in [5, 5.41) is 3.67. The van der Waals surface area contributed by atoms with Gasteiger partial charge in [0, 0.05) is 30.8 Å². The molecular weight excluding hydrogens is 326 g/mol. The molecule has 1 aromatic heterocycles. The summed E-state index contributed by atoms with van der Waals surface area (Å²) in [6, 6.07) is 9.15. The fourth-order valence-electron chi connectivity index (χ4n) is 2.96. The average Bonchev–Trinajstić information content (AvgIpc) is 2.48. The van der Waals surface area contributed by atoms with E-state index in [1.807, 2.05) is 12.4 Å². The Labute approximate surface area is 134 Å². The van der Waals surface area contributed by atoms with E-state index in [1.165, 1.54) is 21.3 Å². The smallest absolute Gasteiger partial charge is 0.0766 e. The molecule has 0 saturated heterocycles. The molecule has 0 radical (unpaired) electrons. The Kier molecular flexibility index (Phi) is 4.15. The van der Waals surface area contributed by atoms with Crippen LogP contribution in [0.25, 0.3) is 0 Å². The fourth-order valence-corrected chi connectivity index (χ4v) is 3.36. The highest BCUT2D eigenvalue weighted by Crippen LogP contribution is 2.29. The molecule has 0 aliphatic heterocycles. The normalized spacial score (nSPS) is 17.2. The lowest BCUT2D eigenvalue weighted by Gasteiger charge is -2.28. The lowest BCUT2D eigenvalue weighted by Crippen LogP contribution is -2.28. The second kappa shape index (κ2) is 6.06. The molecule has 3 rings (SSSR count). The SMILES string of the molecule is CN(C)c1ccncc1NC1CCc2cc(Br)ccc2C1. The number of aryl methyl sites for hydroxylation is 1. The molecule has 110 valence electrons. The Morgan fingerprint density at radius 2 is 2.10 bits per heavy atom. The molecule has 0 bridgehead atoms. The van der Waals surface area contributed by atoms with Crippen molar-refractivity contribution in [3.8, 4) is 0 Å². The van der Waals surface area contributed by atoms with Gasteiger partial charge in [0.15, 0.2) is 0 Å². The van der Waals surface area contributed by atoms with Gasteiger partial charge in [-0.1, -0.05) is 22.0 Å². The number of aromatic nitrogens is 1. The predicted molar refractivity (Wildman–Crippen MR) is 92.1 cm³/mol. The highest BCUT2D eigenvalue weighted by Gasteiger charge is 2.19. The van der Waals surface area contributed by atoms with Gasteiger partial charge in [0.05, 0.1) is 17.6 Å². The topological polar surface area (TPSA) is 28.2 Å². The van der Waals surface area contributed by atoms with Crippen molar-refractivity contribution in [2.24, 2.45) is 0 Å².